The number of aromatic nitrogens is 3. The van der Waals surface area contributed by atoms with E-state index in [2.05, 4.69) is 25.0 Å². The van der Waals surface area contributed by atoms with Crippen molar-refractivity contribution in [2.75, 3.05) is 0 Å². The molecule has 6 N–H and O–H groups in total. The molecule has 0 saturated carbocycles. The molecule has 18 heteroatoms. The van der Waals surface area contributed by atoms with Crippen molar-refractivity contribution in [3.63, 3.8) is 0 Å². The van der Waals surface area contributed by atoms with E-state index in [9.17, 15) is 32.7 Å². The van der Waals surface area contributed by atoms with Crippen LogP contribution in [0, 0.1) is 17.5 Å². The number of rotatable bonds is 7. The third kappa shape index (κ3) is 14.5. The smallest absolute Gasteiger partial charge is 0.386 e. The van der Waals surface area contributed by atoms with E-state index in [0.29, 0.717) is 49.4 Å². The molecule has 14 nitrogen and oxygen atoms in total. The molecular weight excluding hydrogens is 945 g/mol. The summed E-state index contributed by atoms with van der Waals surface area (Å²) >= 11 is 0. The minimum absolute atomic E-state index is 0. The topological polar surface area (TPSA) is 252 Å². The van der Waals surface area contributed by atoms with Gasteiger partial charge in [0.1, 0.15) is 17.5 Å². The fourth-order valence-corrected chi connectivity index (χ4v) is 7.53. The largest absolute Gasteiger partial charge is 1.00 e. The number of nitrogens with one attached hydrogen (secondary N) is 3. The molecular formula is C55H52F3N10NaO4. The van der Waals surface area contributed by atoms with E-state index in [4.69, 9.17) is 22.3 Å². The minimum Gasteiger partial charge on any atom is -0.386 e. The van der Waals surface area contributed by atoms with Crippen LogP contribution < -0.4 is 52.0 Å². The third-order valence-corrected chi connectivity index (χ3v) is 11.5. The maximum atomic E-state index is 13.3. The van der Waals surface area contributed by atoms with Crippen LogP contribution in [0.3, 0.4) is 0 Å². The molecule has 9 aromatic rings. The van der Waals surface area contributed by atoms with Gasteiger partial charge in [0.2, 0.25) is 0 Å². The monoisotopic (exact) mass is 996 g/mol. The summed E-state index contributed by atoms with van der Waals surface area (Å²) in [6.07, 6.45) is 0. The van der Waals surface area contributed by atoms with Crippen molar-refractivity contribution in [3.8, 4) is 33.8 Å². The number of H-pyrrole nitrogens is 3. The Kier molecular flexibility index (Phi) is 19.1. The summed E-state index contributed by atoms with van der Waals surface area (Å²) in [5, 5.41) is 16.8. The SMILES string of the molecule is C.CC(C)(N)c1ccc(-c2cc3ccc(F)cc3c(=O)[nH]2)cc1.CC(C)(N=[N+]=[N-])c1ccc(-c2cc3ccc(F)cc3c(=O)[nH]2)cc1.CC(C)(O)c1ccc(-c2cc3ccc(F)cc3c(=O)[nH]2)cc1.[N-]=[N+]=[N-].[Na+]. The van der Waals surface area contributed by atoms with E-state index < -0.39 is 34.1 Å². The Morgan fingerprint density at radius 1 is 0.493 bits per heavy atom. The van der Waals surface area contributed by atoms with E-state index in [0.717, 1.165) is 33.4 Å². The van der Waals surface area contributed by atoms with Crippen LogP contribution in [0.1, 0.15) is 65.7 Å². The number of hydrogen-bond donors (Lipinski definition) is 5. The summed E-state index contributed by atoms with van der Waals surface area (Å²) in [4.78, 5) is 49.1. The van der Waals surface area contributed by atoms with Gasteiger partial charge < -0.3 is 36.9 Å². The van der Waals surface area contributed by atoms with Gasteiger partial charge in [0.15, 0.2) is 0 Å². The van der Waals surface area contributed by atoms with Crippen molar-refractivity contribution in [1.82, 2.24) is 15.0 Å². The Bertz CT molecular complexity index is 3510. The van der Waals surface area contributed by atoms with E-state index in [1.807, 2.05) is 119 Å². The summed E-state index contributed by atoms with van der Waals surface area (Å²) in [5.41, 5.74) is 32.5. The van der Waals surface area contributed by atoms with Gasteiger partial charge in [-0.25, -0.2) is 13.2 Å². The standard InChI is InChI=1S/C18H15FN4O.C18H17FN2O.C18H16FNO2.CH4.N3.Na/c1-18(2,22-23-20)13-6-3-11(4-7-13)16-9-12-5-8-14(19)10-15(12)17(24)21-16;1-18(2,20)13-6-3-11(4-7-13)16-9-12-5-8-14(19)10-15(12)17(22)21-16;1-18(2,22)13-6-3-11(4-7-13)16-9-12-5-8-14(19)10-15(12)17(21)20-16;;1-3-2;/h3-10H,1-2H3,(H,21,24);3-10H,20H2,1-2H3,(H,21,22);3-10,22H,1-2H3,(H,20,21);1H4;;/q;;;;-1;+1. The minimum atomic E-state index is -0.910. The molecule has 0 radical (unpaired) electrons. The van der Waals surface area contributed by atoms with Crippen LogP contribution in [-0.4, -0.2) is 20.1 Å². The second kappa shape index (κ2) is 24.1. The summed E-state index contributed by atoms with van der Waals surface area (Å²) in [7, 11) is 0. The van der Waals surface area contributed by atoms with E-state index in [1.54, 1.807) is 32.0 Å². The molecule has 0 aliphatic rings. The van der Waals surface area contributed by atoms with Gasteiger partial charge in [-0.15, -0.1) is 0 Å². The average molecular weight is 997 g/mol. The van der Waals surface area contributed by atoms with Crippen molar-refractivity contribution in [2.45, 2.75) is 65.6 Å². The summed E-state index contributed by atoms with van der Waals surface area (Å²) in [6.45, 7) is 11.0. The van der Waals surface area contributed by atoms with Gasteiger partial charge >= 0.3 is 29.6 Å². The molecule has 0 unspecified atom stereocenters. The van der Waals surface area contributed by atoms with Crippen LogP contribution in [0.5, 0.6) is 0 Å². The zero-order valence-electron chi connectivity index (χ0n) is 40.4. The second-order valence-corrected chi connectivity index (χ2v) is 18.1. The normalized spacial score (nSPS) is 10.9. The van der Waals surface area contributed by atoms with Crippen molar-refractivity contribution < 1.29 is 47.8 Å². The van der Waals surface area contributed by atoms with Crippen LogP contribution in [0.25, 0.3) is 92.5 Å². The zero-order valence-corrected chi connectivity index (χ0v) is 42.4. The molecule has 0 aliphatic heterocycles. The first-order chi connectivity index (χ1) is 33.5. The Morgan fingerprint density at radius 3 is 1.05 bits per heavy atom. The predicted octanol–water partition coefficient (Wildman–Crippen LogP) is 10.5. The Balaban J connectivity index is 0.000000228. The molecule has 3 aromatic heterocycles. The van der Waals surface area contributed by atoms with Crippen molar-refractivity contribution in [1.29, 1.82) is 0 Å². The van der Waals surface area contributed by atoms with E-state index in [1.165, 1.54) is 41.3 Å². The van der Waals surface area contributed by atoms with Gasteiger partial charge in [0, 0.05) is 43.7 Å². The Hall–Kier alpha value is -7.72. The molecule has 3 heterocycles. The number of nitrogens with two attached hydrogens (primary N) is 1. The van der Waals surface area contributed by atoms with Crippen LogP contribution in [0.15, 0.2) is 165 Å². The Labute approximate surface area is 440 Å². The maximum Gasteiger partial charge on any atom is 1.00 e. The average Bonchev–Trinajstić information content (AvgIpc) is 3.32. The quantitative estimate of drug-likeness (QED) is 0.0451. The number of aliphatic hydroxyl groups is 1. The fourth-order valence-electron chi connectivity index (χ4n) is 7.53. The number of halogens is 3. The first-order valence-corrected chi connectivity index (χ1v) is 21.9. The maximum absolute atomic E-state index is 13.3. The molecule has 368 valence electrons. The molecule has 6 aromatic carbocycles. The van der Waals surface area contributed by atoms with Crippen LogP contribution >= 0.6 is 0 Å². The van der Waals surface area contributed by atoms with E-state index >= 15 is 0 Å². The van der Waals surface area contributed by atoms with Crippen molar-refractivity contribution in [3.05, 3.63) is 237 Å². The number of fused-ring (bicyclic) bond motifs is 3. The molecule has 73 heavy (non-hydrogen) atoms. The number of azide groups is 1. The van der Waals surface area contributed by atoms with Crippen LogP contribution in [0.2, 0.25) is 0 Å². The number of aromatic amines is 3. The predicted molar refractivity (Wildman–Crippen MR) is 281 cm³/mol. The van der Waals surface area contributed by atoms with Crippen molar-refractivity contribution in [2.24, 2.45) is 10.8 Å². The van der Waals surface area contributed by atoms with Crippen LogP contribution in [0.4, 0.5) is 13.2 Å². The molecule has 0 bridgehead atoms. The van der Waals surface area contributed by atoms with Gasteiger partial charge in [-0.1, -0.05) is 117 Å². The number of benzene rings is 6. The number of hydrogen-bond acceptors (Lipinski definition) is 6. The summed E-state index contributed by atoms with van der Waals surface area (Å²) in [5.74, 6) is -1.29. The second-order valence-electron chi connectivity index (χ2n) is 18.1. The molecule has 0 spiro atoms. The summed E-state index contributed by atoms with van der Waals surface area (Å²) < 4.78 is 39.7. The van der Waals surface area contributed by atoms with Gasteiger partial charge in [-0.05, 0) is 137 Å². The zero-order chi connectivity index (χ0) is 51.8. The van der Waals surface area contributed by atoms with Crippen LogP contribution in [-0.2, 0) is 16.7 Å². The molecule has 0 amide bonds. The van der Waals surface area contributed by atoms with Gasteiger partial charge in [-0.3, -0.25) is 19.3 Å². The number of nitrogens with zero attached hydrogens (tertiary/aromatic N) is 6. The van der Waals surface area contributed by atoms with Gasteiger partial charge in [0.25, 0.3) is 16.7 Å². The fraction of sp³-hybridized carbons (Fsp3) is 0.182. The van der Waals surface area contributed by atoms with Gasteiger partial charge in [0.05, 0.1) is 11.1 Å². The summed E-state index contributed by atoms with van der Waals surface area (Å²) in [6, 6.07) is 40.5. The first-order valence-electron chi connectivity index (χ1n) is 21.9. The molecule has 0 saturated heterocycles. The van der Waals surface area contributed by atoms with E-state index in [-0.39, 0.29) is 53.7 Å². The molecule has 9 rings (SSSR count). The number of pyridine rings is 3. The Morgan fingerprint density at radius 2 is 0.781 bits per heavy atom. The third-order valence-electron chi connectivity index (χ3n) is 11.5. The molecule has 0 fully saturated rings. The molecule has 0 atom stereocenters. The first kappa shape index (κ1) is 57.9. The molecule has 0 aliphatic carbocycles. The van der Waals surface area contributed by atoms with Crippen molar-refractivity contribution >= 4 is 32.3 Å². The van der Waals surface area contributed by atoms with Gasteiger partial charge in [-0.2, -0.15) is 0 Å².